The summed E-state index contributed by atoms with van der Waals surface area (Å²) in [6.07, 6.45) is 0. The third-order valence-electron chi connectivity index (χ3n) is 1.22. The molecule has 1 aromatic carbocycles. The highest BCUT2D eigenvalue weighted by Gasteiger charge is 1.98. The highest BCUT2D eigenvalue weighted by molar-refractivity contribution is 7.72. The van der Waals surface area contributed by atoms with E-state index in [2.05, 4.69) is 0 Å². The lowest BCUT2D eigenvalue weighted by Gasteiger charge is -1.96. The van der Waals surface area contributed by atoms with Gasteiger partial charge in [-0.1, -0.05) is 0 Å². The number of anilines is 1. The van der Waals surface area contributed by atoms with Gasteiger partial charge in [0.1, 0.15) is 5.75 Å². The zero-order chi connectivity index (χ0) is 8.43. The molecule has 0 heterocycles. The van der Waals surface area contributed by atoms with Gasteiger partial charge in [0.25, 0.3) is 0 Å². The van der Waals surface area contributed by atoms with Crippen molar-refractivity contribution in [3.63, 3.8) is 0 Å². The van der Waals surface area contributed by atoms with Gasteiger partial charge in [0, 0.05) is 0 Å². The van der Waals surface area contributed by atoms with Crippen LogP contribution in [0.1, 0.15) is 0 Å². The molecular weight excluding hydrogens is 166 g/mol. The van der Waals surface area contributed by atoms with Crippen LogP contribution < -0.4 is 5.73 Å². The average molecular weight is 173 g/mol. The number of hydrogen-bond acceptors (Lipinski definition) is 4. The second-order valence-electron chi connectivity index (χ2n) is 2.00. The molecule has 0 aromatic heterocycles. The molecule has 0 radical (unpaired) electrons. The molecule has 1 aromatic rings. The number of rotatable bonds is 1. The second-order valence-corrected chi connectivity index (χ2v) is 3.03. The zero-order valence-electron chi connectivity index (χ0n) is 5.52. The van der Waals surface area contributed by atoms with E-state index in [1.165, 1.54) is 18.2 Å². The summed E-state index contributed by atoms with van der Waals surface area (Å²) < 4.78 is 20.7. The number of nitrogen functional groups attached to an aromatic ring is 1. The van der Waals surface area contributed by atoms with Gasteiger partial charge in [0.05, 0.1) is 10.6 Å². The third-order valence-corrected chi connectivity index (χ3v) is 1.92. The van der Waals surface area contributed by atoms with Gasteiger partial charge >= 0.3 is 0 Å². The predicted molar refractivity (Wildman–Crippen MR) is 41.1 cm³/mol. The largest absolute Gasteiger partial charge is 0.506 e. The van der Waals surface area contributed by atoms with Crippen LogP contribution in [0.5, 0.6) is 5.75 Å². The molecule has 0 amide bonds. The van der Waals surface area contributed by atoms with E-state index >= 15 is 0 Å². The molecule has 0 fully saturated rings. The molecule has 11 heavy (non-hydrogen) atoms. The summed E-state index contributed by atoms with van der Waals surface area (Å²) in [7, 11) is -2.62. The summed E-state index contributed by atoms with van der Waals surface area (Å²) >= 11 is 0. The number of phenolic OH excluding ortho intramolecular Hbond substituents is 1. The minimum atomic E-state index is -2.62. The van der Waals surface area contributed by atoms with E-state index in [4.69, 9.17) is 10.8 Å². The maximum atomic E-state index is 10.4. The van der Waals surface area contributed by atoms with E-state index in [0.29, 0.717) is 0 Å². The Bertz CT molecular complexity index is 338. The molecule has 4 nitrogen and oxygen atoms in total. The summed E-state index contributed by atoms with van der Waals surface area (Å²) in [4.78, 5) is 0.107. The van der Waals surface area contributed by atoms with Gasteiger partial charge in [-0.25, -0.2) is 8.42 Å². The SMILES string of the molecule is Nc1cc([SH](=O)=O)ccc1O. The summed E-state index contributed by atoms with van der Waals surface area (Å²) in [5, 5.41) is 8.90. The fraction of sp³-hybridized carbons (Fsp3) is 0. The molecule has 0 saturated heterocycles. The molecule has 60 valence electrons. The van der Waals surface area contributed by atoms with Crippen molar-refractivity contribution >= 4 is 16.4 Å². The number of nitrogens with two attached hydrogens (primary N) is 1. The number of aromatic hydroxyl groups is 1. The van der Waals surface area contributed by atoms with Gasteiger partial charge in [-0.05, 0) is 18.2 Å². The average Bonchev–Trinajstić information content (AvgIpc) is 1.94. The Kier molecular flexibility index (Phi) is 2.00. The molecule has 0 unspecified atom stereocenters. The smallest absolute Gasteiger partial charge is 0.168 e. The van der Waals surface area contributed by atoms with Gasteiger partial charge in [0.15, 0.2) is 10.7 Å². The van der Waals surface area contributed by atoms with Crippen molar-refractivity contribution in [1.29, 1.82) is 0 Å². The van der Waals surface area contributed by atoms with E-state index in [1.54, 1.807) is 0 Å². The molecule has 1 rings (SSSR count). The van der Waals surface area contributed by atoms with Crippen LogP contribution in [0.3, 0.4) is 0 Å². The molecule has 0 aliphatic carbocycles. The molecule has 0 aliphatic heterocycles. The van der Waals surface area contributed by atoms with Crippen LogP contribution in [-0.4, -0.2) is 13.5 Å². The summed E-state index contributed by atoms with van der Waals surface area (Å²) in [5.41, 5.74) is 5.31. The maximum absolute atomic E-state index is 10.4. The fourth-order valence-corrected chi connectivity index (χ4v) is 1.10. The van der Waals surface area contributed by atoms with Crippen LogP contribution in [0.2, 0.25) is 0 Å². The van der Waals surface area contributed by atoms with Crippen LogP contribution in [0.25, 0.3) is 0 Å². The van der Waals surface area contributed by atoms with Crippen molar-refractivity contribution in [1.82, 2.24) is 0 Å². The Morgan fingerprint density at radius 1 is 1.36 bits per heavy atom. The number of thiol groups is 1. The Morgan fingerprint density at radius 3 is 2.45 bits per heavy atom. The standard InChI is InChI=1S/C6H7NO3S/c7-5-3-4(11(9)10)1-2-6(5)8/h1-3,8,11H,7H2. The highest BCUT2D eigenvalue weighted by atomic mass is 32.2. The Balaban J connectivity index is 3.26. The van der Waals surface area contributed by atoms with Crippen LogP contribution in [0, 0.1) is 0 Å². The lowest BCUT2D eigenvalue weighted by molar-refractivity contribution is 0.477. The van der Waals surface area contributed by atoms with E-state index in [0.717, 1.165) is 0 Å². The minimum absolute atomic E-state index is 0.0710. The predicted octanol–water partition coefficient (Wildman–Crippen LogP) is -0.0553. The molecule has 0 aliphatic rings. The summed E-state index contributed by atoms with van der Waals surface area (Å²) in [5.74, 6) is -0.106. The Labute approximate surface area is 65.2 Å². The van der Waals surface area contributed by atoms with Gasteiger partial charge in [-0.15, -0.1) is 0 Å². The van der Waals surface area contributed by atoms with Gasteiger partial charge in [-0.3, -0.25) is 0 Å². The van der Waals surface area contributed by atoms with E-state index < -0.39 is 10.7 Å². The molecule has 0 spiro atoms. The quantitative estimate of drug-likeness (QED) is 0.316. The number of benzene rings is 1. The highest BCUT2D eigenvalue weighted by Crippen LogP contribution is 2.20. The van der Waals surface area contributed by atoms with Gasteiger partial charge in [0.2, 0.25) is 0 Å². The van der Waals surface area contributed by atoms with E-state index in [9.17, 15) is 8.42 Å². The summed E-state index contributed by atoms with van der Waals surface area (Å²) in [6, 6.07) is 3.74. The van der Waals surface area contributed by atoms with Crippen LogP contribution in [0.15, 0.2) is 23.1 Å². The van der Waals surface area contributed by atoms with Crippen molar-refractivity contribution < 1.29 is 13.5 Å². The molecule has 0 bridgehead atoms. The Morgan fingerprint density at radius 2 is 2.00 bits per heavy atom. The van der Waals surface area contributed by atoms with Crippen molar-refractivity contribution in [3.8, 4) is 5.75 Å². The van der Waals surface area contributed by atoms with Crippen LogP contribution >= 0.6 is 0 Å². The first kappa shape index (κ1) is 7.87. The fourth-order valence-electron chi connectivity index (χ4n) is 0.655. The first-order valence-corrected chi connectivity index (χ1v) is 4.02. The topological polar surface area (TPSA) is 80.4 Å². The third kappa shape index (κ3) is 1.62. The first-order valence-electron chi connectivity index (χ1n) is 2.84. The Hall–Kier alpha value is -1.23. The van der Waals surface area contributed by atoms with Crippen molar-refractivity contribution in [2.75, 3.05) is 5.73 Å². The van der Waals surface area contributed by atoms with Crippen molar-refractivity contribution in [3.05, 3.63) is 18.2 Å². The van der Waals surface area contributed by atoms with Crippen LogP contribution in [-0.2, 0) is 10.7 Å². The van der Waals surface area contributed by atoms with E-state index in [-0.39, 0.29) is 16.3 Å². The van der Waals surface area contributed by atoms with Gasteiger partial charge in [-0.2, -0.15) is 0 Å². The molecule has 3 N–H and O–H groups in total. The van der Waals surface area contributed by atoms with E-state index in [1.807, 2.05) is 0 Å². The lowest BCUT2D eigenvalue weighted by atomic mass is 10.3. The molecule has 0 saturated carbocycles. The van der Waals surface area contributed by atoms with Crippen LogP contribution in [0.4, 0.5) is 5.69 Å². The number of phenols is 1. The minimum Gasteiger partial charge on any atom is -0.506 e. The molecule has 5 heteroatoms. The first-order chi connectivity index (χ1) is 5.11. The summed E-state index contributed by atoms with van der Waals surface area (Å²) in [6.45, 7) is 0. The monoisotopic (exact) mass is 173 g/mol. The molecule has 0 atom stereocenters. The normalized spacial score (nSPS) is 10.3. The maximum Gasteiger partial charge on any atom is 0.168 e. The van der Waals surface area contributed by atoms with Crippen molar-refractivity contribution in [2.45, 2.75) is 4.90 Å². The van der Waals surface area contributed by atoms with Crippen molar-refractivity contribution in [2.24, 2.45) is 0 Å². The van der Waals surface area contributed by atoms with Gasteiger partial charge < -0.3 is 10.8 Å². The lowest BCUT2D eigenvalue weighted by Crippen LogP contribution is -1.87. The second kappa shape index (κ2) is 2.79. The number of hydrogen-bond donors (Lipinski definition) is 3. The zero-order valence-corrected chi connectivity index (χ0v) is 6.41. The molecular formula is C6H7NO3S.